The number of carbonyl (C=O) groups is 2. The van der Waals surface area contributed by atoms with E-state index in [0.717, 1.165) is 29.3 Å². The molecule has 0 saturated heterocycles. The number of rotatable bonds is 8. The molecule has 0 spiro atoms. The van der Waals surface area contributed by atoms with Gasteiger partial charge in [0.05, 0.1) is 10.6 Å². The monoisotopic (exact) mass is 345 g/mol. The largest absolute Gasteiger partial charge is 0.490 e. The van der Waals surface area contributed by atoms with Gasteiger partial charge in [-0.05, 0) is 43.1 Å². The van der Waals surface area contributed by atoms with E-state index in [4.69, 9.17) is 16.3 Å². The van der Waals surface area contributed by atoms with Crippen molar-refractivity contribution in [3.05, 3.63) is 63.2 Å². The molecular formula is C19H20ClNO3. The number of nitrogens with one attached hydrogen (secondary N) is 1. The molecular weight excluding hydrogens is 326 g/mol. The number of hydrogen-bond acceptors (Lipinski definition) is 4. The van der Waals surface area contributed by atoms with Gasteiger partial charge in [-0.1, -0.05) is 35.9 Å². The number of ether oxygens (including phenoxy) is 1. The van der Waals surface area contributed by atoms with Crippen molar-refractivity contribution in [3.63, 3.8) is 0 Å². The van der Waals surface area contributed by atoms with Crippen molar-refractivity contribution in [1.82, 2.24) is 5.32 Å². The lowest BCUT2D eigenvalue weighted by Crippen LogP contribution is -2.17. The first-order valence-electron chi connectivity index (χ1n) is 7.69. The van der Waals surface area contributed by atoms with Crippen molar-refractivity contribution in [2.75, 3.05) is 20.2 Å². The van der Waals surface area contributed by atoms with Crippen molar-refractivity contribution < 1.29 is 14.3 Å². The smallest absolute Gasteiger partial charge is 0.153 e. The molecule has 0 unspecified atom stereocenters. The van der Waals surface area contributed by atoms with Gasteiger partial charge in [0.25, 0.3) is 0 Å². The SMILES string of the molecule is CNCCOc1c(C=O)cc(Cc2ccc(C=O)cc2)c(C)c1Cl. The van der Waals surface area contributed by atoms with Crippen LogP contribution in [0.25, 0.3) is 0 Å². The second-order valence-corrected chi connectivity index (χ2v) is 5.88. The predicted molar refractivity (Wildman–Crippen MR) is 95.6 cm³/mol. The summed E-state index contributed by atoms with van der Waals surface area (Å²) in [5.41, 5.74) is 3.97. The molecule has 5 heteroatoms. The van der Waals surface area contributed by atoms with Gasteiger partial charge in [-0.15, -0.1) is 0 Å². The summed E-state index contributed by atoms with van der Waals surface area (Å²) in [7, 11) is 1.83. The van der Waals surface area contributed by atoms with Crippen LogP contribution in [0.5, 0.6) is 5.75 Å². The summed E-state index contributed by atoms with van der Waals surface area (Å²) in [6.07, 6.45) is 2.20. The van der Waals surface area contributed by atoms with E-state index in [-0.39, 0.29) is 0 Å². The van der Waals surface area contributed by atoms with E-state index in [0.29, 0.717) is 41.5 Å². The zero-order valence-electron chi connectivity index (χ0n) is 13.8. The van der Waals surface area contributed by atoms with Gasteiger partial charge in [0.1, 0.15) is 18.6 Å². The summed E-state index contributed by atoms with van der Waals surface area (Å²) < 4.78 is 5.65. The lowest BCUT2D eigenvalue weighted by atomic mass is 9.97. The Hall–Kier alpha value is -2.17. The minimum Gasteiger partial charge on any atom is -0.490 e. The quantitative estimate of drug-likeness (QED) is 0.588. The Morgan fingerprint density at radius 3 is 2.46 bits per heavy atom. The number of aldehydes is 2. The molecule has 0 aliphatic rings. The van der Waals surface area contributed by atoms with Crippen molar-refractivity contribution in [1.29, 1.82) is 0 Å². The minimum absolute atomic E-state index is 0.430. The van der Waals surface area contributed by atoms with Gasteiger partial charge < -0.3 is 10.1 Å². The number of likely N-dealkylation sites (N-methyl/N-ethyl adjacent to an activating group) is 1. The summed E-state index contributed by atoms with van der Waals surface area (Å²) >= 11 is 6.42. The Kier molecular flexibility index (Phi) is 6.53. The average Bonchev–Trinajstić information content (AvgIpc) is 2.61. The predicted octanol–water partition coefficient (Wildman–Crippen LogP) is 3.46. The average molecular weight is 346 g/mol. The van der Waals surface area contributed by atoms with Crippen LogP contribution in [0.1, 0.15) is 37.4 Å². The minimum atomic E-state index is 0.430. The zero-order chi connectivity index (χ0) is 17.5. The van der Waals surface area contributed by atoms with E-state index >= 15 is 0 Å². The first-order chi connectivity index (χ1) is 11.6. The van der Waals surface area contributed by atoms with Crippen LogP contribution < -0.4 is 10.1 Å². The third kappa shape index (κ3) is 4.22. The zero-order valence-corrected chi connectivity index (χ0v) is 14.5. The van der Waals surface area contributed by atoms with E-state index in [9.17, 15) is 9.59 Å². The fourth-order valence-corrected chi connectivity index (χ4v) is 2.69. The normalized spacial score (nSPS) is 10.5. The van der Waals surface area contributed by atoms with E-state index in [1.807, 2.05) is 32.2 Å². The summed E-state index contributed by atoms with van der Waals surface area (Å²) in [6.45, 7) is 3.01. The van der Waals surface area contributed by atoms with Crippen LogP contribution >= 0.6 is 11.6 Å². The molecule has 2 aromatic rings. The third-order valence-electron chi connectivity index (χ3n) is 3.84. The van der Waals surface area contributed by atoms with Crippen molar-refractivity contribution in [2.45, 2.75) is 13.3 Å². The molecule has 0 bridgehead atoms. The fourth-order valence-electron chi connectivity index (χ4n) is 2.41. The van der Waals surface area contributed by atoms with Crippen LogP contribution in [0.3, 0.4) is 0 Å². The van der Waals surface area contributed by atoms with Gasteiger partial charge >= 0.3 is 0 Å². The van der Waals surface area contributed by atoms with Gasteiger partial charge in [0.2, 0.25) is 0 Å². The standard InChI is InChI=1S/C19H20ClNO3/c1-13-16(9-14-3-5-15(11-22)6-4-14)10-17(12-23)19(18(13)20)24-8-7-21-2/h3-6,10-12,21H,7-9H2,1-2H3. The van der Waals surface area contributed by atoms with Crippen LogP contribution in [0, 0.1) is 6.92 Å². The highest BCUT2D eigenvalue weighted by Gasteiger charge is 2.15. The van der Waals surface area contributed by atoms with Crippen LogP contribution in [-0.2, 0) is 6.42 Å². The maximum absolute atomic E-state index is 11.4. The Labute approximate surface area is 146 Å². The molecule has 0 radical (unpaired) electrons. The molecule has 2 aromatic carbocycles. The van der Waals surface area contributed by atoms with E-state index in [1.54, 1.807) is 12.1 Å². The van der Waals surface area contributed by atoms with Crippen molar-refractivity contribution in [3.8, 4) is 5.75 Å². The van der Waals surface area contributed by atoms with Crippen LogP contribution in [0.15, 0.2) is 30.3 Å². The van der Waals surface area contributed by atoms with Gasteiger partial charge in [0.15, 0.2) is 6.29 Å². The van der Waals surface area contributed by atoms with Gasteiger partial charge in [-0.3, -0.25) is 9.59 Å². The number of hydrogen-bond donors (Lipinski definition) is 1. The Balaban J connectivity index is 2.31. The molecule has 0 atom stereocenters. The summed E-state index contributed by atoms with van der Waals surface area (Å²) in [5, 5.41) is 3.45. The molecule has 0 fully saturated rings. The van der Waals surface area contributed by atoms with Gasteiger partial charge in [0, 0.05) is 12.1 Å². The second-order valence-electron chi connectivity index (χ2n) is 5.50. The van der Waals surface area contributed by atoms with Crippen LogP contribution in [-0.4, -0.2) is 32.8 Å². The Morgan fingerprint density at radius 1 is 1.17 bits per heavy atom. The molecule has 1 N–H and O–H groups in total. The molecule has 0 heterocycles. The van der Waals surface area contributed by atoms with Gasteiger partial charge in [-0.2, -0.15) is 0 Å². The fraction of sp³-hybridized carbons (Fsp3) is 0.263. The lowest BCUT2D eigenvalue weighted by molar-refractivity contribution is 0.111. The maximum atomic E-state index is 11.4. The van der Waals surface area contributed by atoms with E-state index < -0.39 is 0 Å². The Morgan fingerprint density at radius 2 is 1.88 bits per heavy atom. The number of benzene rings is 2. The topological polar surface area (TPSA) is 55.4 Å². The molecule has 0 amide bonds. The van der Waals surface area contributed by atoms with Gasteiger partial charge in [-0.25, -0.2) is 0 Å². The summed E-state index contributed by atoms with van der Waals surface area (Å²) in [4.78, 5) is 22.1. The first kappa shape index (κ1) is 18.2. The number of carbonyl (C=O) groups excluding carboxylic acids is 2. The number of halogens is 1. The molecule has 126 valence electrons. The molecule has 2 rings (SSSR count). The lowest BCUT2D eigenvalue weighted by Gasteiger charge is -2.16. The molecule has 24 heavy (non-hydrogen) atoms. The highest BCUT2D eigenvalue weighted by molar-refractivity contribution is 6.33. The molecule has 0 aliphatic carbocycles. The van der Waals surface area contributed by atoms with E-state index in [1.165, 1.54) is 0 Å². The second kappa shape index (κ2) is 8.62. The van der Waals surface area contributed by atoms with Crippen LogP contribution in [0.4, 0.5) is 0 Å². The summed E-state index contributed by atoms with van der Waals surface area (Å²) in [5.74, 6) is 0.430. The molecule has 0 aliphatic heterocycles. The summed E-state index contributed by atoms with van der Waals surface area (Å²) in [6, 6.07) is 9.16. The molecule has 4 nitrogen and oxygen atoms in total. The highest BCUT2D eigenvalue weighted by atomic mass is 35.5. The highest BCUT2D eigenvalue weighted by Crippen LogP contribution is 2.34. The first-order valence-corrected chi connectivity index (χ1v) is 8.07. The molecule has 0 aromatic heterocycles. The maximum Gasteiger partial charge on any atom is 0.153 e. The Bertz CT molecular complexity index is 726. The van der Waals surface area contributed by atoms with Crippen LogP contribution in [0.2, 0.25) is 5.02 Å². The van der Waals surface area contributed by atoms with E-state index in [2.05, 4.69) is 5.32 Å². The molecule has 0 saturated carbocycles. The van der Waals surface area contributed by atoms with Crippen molar-refractivity contribution in [2.24, 2.45) is 0 Å². The third-order valence-corrected chi connectivity index (χ3v) is 4.29. The van der Waals surface area contributed by atoms with Crippen molar-refractivity contribution >= 4 is 24.2 Å².